The molecular formula is C21H35IN7O15P3. The lowest BCUT2D eigenvalue weighted by atomic mass is 10.1. The zero-order chi connectivity index (χ0) is 34.8. The Morgan fingerprint density at radius 3 is 2.30 bits per heavy atom. The number of anilines is 1. The van der Waals surface area contributed by atoms with E-state index in [1.807, 2.05) is 22.6 Å². The molecule has 2 unspecified atom stereocenters. The van der Waals surface area contributed by atoms with Gasteiger partial charge in [0.25, 0.3) is 0 Å². The molecule has 1 aliphatic heterocycles. The van der Waals surface area contributed by atoms with Crippen LogP contribution in [0.3, 0.4) is 0 Å². The van der Waals surface area contributed by atoms with Gasteiger partial charge in [-0.1, -0.05) is 29.0 Å². The Kier molecular flexibility index (Phi) is 15.1. The van der Waals surface area contributed by atoms with Gasteiger partial charge < -0.3 is 50.5 Å². The normalized spacial score (nSPS) is 22.4. The van der Waals surface area contributed by atoms with Crippen LogP contribution in [-0.4, -0.2) is 110 Å². The molecule has 2 amide bonds. The number of phosphoric ester groups is 1. The van der Waals surface area contributed by atoms with Crippen LogP contribution in [0.25, 0.3) is 11.2 Å². The van der Waals surface area contributed by atoms with Crippen molar-refractivity contribution in [3.63, 3.8) is 0 Å². The second-order valence-corrected chi connectivity index (χ2v) is 15.1. The third-order valence-electron chi connectivity index (χ3n) is 6.28. The fraction of sp³-hybridized carbons (Fsp3) is 0.667. The molecule has 22 nitrogen and oxygen atoms in total. The first kappa shape index (κ1) is 39.7. The summed E-state index contributed by atoms with van der Waals surface area (Å²) in [6.07, 6.45) is -0.493. The first-order valence-corrected chi connectivity index (χ1v) is 19.9. The number of carbonyl (C=O) groups excluding carboxylic acids is 2. The van der Waals surface area contributed by atoms with E-state index in [2.05, 4.69) is 44.0 Å². The quantitative estimate of drug-likeness (QED) is 0.0361. The van der Waals surface area contributed by atoms with Gasteiger partial charge in [0.2, 0.25) is 11.8 Å². The summed E-state index contributed by atoms with van der Waals surface area (Å²) in [7, 11) is -16.8. The van der Waals surface area contributed by atoms with Gasteiger partial charge in [-0.3, -0.25) is 18.7 Å². The van der Waals surface area contributed by atoms with E-state index in [1.165, 1.54) is 17.2 Å². The van der Waals surface area contributed by atoms with E-state index in [-0.39, 0.29) is 23.0 Å². The van der Waals surface area contributed by atoms with E-state index in [0.29, 0.717) is 49.1 Å². The van der Waals surface area contributed by atoms with Crippen LogP contribution in [0.2, 0.25) is 0 Å². The van der Waals surface area contributed by atoms with E-state index >= 15 is 0 Å². The Hall–Kier alpha value is -1.69. The number of nitrogens with zero attached hydrogens (tertiary/aromatic N) is 4. The van der Waals surface area contributed by atoms with Crippen molar-refractivity contribution in [2.45, 2.75) is 56.6 Å². The molecule has 0 aliphatic carbocycles. The van der Waals surface area contributed by atoms with Crippen LogP contribution in [0.1, 0.15) is 38.3 Å². The minimum Gasteiger partial charge on any atom is -0.387 e. The van der Waals surface area contributed by atoms with Gasteiger partial charge in [-0.05, 0) is 19.3 Å². The van der Waals surface area contributed by atoms with Crippen molar-refractivity contribution in [2.75, 3.05) is 36.0 Å². The van der Waals surface area contributed by atoms with E-state index < -0.39 is 54.6 Å². The van der Waals surface area contributed by atoms with Crippen LogP contribution in [0.15, 0.2) is 12.7 Å². The van der Waals surface area contributed by atoms with Crippen molar-refractivity contribution in [2.24, 2.45) is 0 Å². The lowest BCUT2D eigenvalue weighted by molar-refractivity contribution is -0.121. The van der Waals surface area contributed by atoms with E-state index in [9.17, 15) is 43.3 Å². The van der Waals surface area contributed by atoms with Crippen LogP contribution in [0.5, 0.6) is 0 Å². The minimum absolute atomic E-state index is 0.0125. The first-order chi connectivity index (χ1) is 22.0. The van der Waals surface area contributed by atoms with Gasteiger partial charge in [-0.2, -0.15) is 8.62 Å². The molecule has 6 atom stereocenters. The van der Waals surface area contributed by atoms with Gasteiger partial charge in [0.1, 0.15) is 24.6 Å². The topological polar surface area (TPSA) is 323 Å². The number of alkyl halides is 1. The average Bonchev–Trinajstić information content (AvgIpc) is 3.52. The third-order valence-corrected chi connectivity index (χ3v) is 10.8. The number of carbonyl (C=O) groups is 2. The maximum absolute atomic E-state index is 12.1. The number of aliphatic hydroxyl groups excluding tert-OH is 2. The fourth-order valence-electron chi connectivity index (χ4n) is 4.21. The van der Waals surface area contributed by atoms with E-state index in [4.69, 9.17) is 14.5 Å². The number of ether oxygens (including phenoxy) is 1. The number of fused-ring (bicyclic) bond motifs is 1. The van der Waals surface area contributed by atoms with Gasteiger partial charge in [0.15, 0.2) is 23.2 Å². The molecule has 3 heterocycles. The molecule has 26 heteroatoms. The van der Waals surface area contributed by atoms with Gasteiger partial charge in [0.05, 0.1) is 17.4 Å². The Balaban J connectivity index is 1.47. The van der Waals surface area contributed by atoms with Crippen LogP contribution in [0, 0.1) is 0 Å². The summed E-state index contributed by atoms with van der Waals surface area (Å²) in [5.74, 6) is 0.232. The largest absolute Gasteiger partial charge is 0.490 e. The number of unbranched alkanes of at least 4 members (excludes halogenated alkanes) is 2. The van der Waals surface area contributed by atoms with Gasteiger partial charge in [0, 0.05) is 26.1 Å². The molecule has 0 saturated carbocycles. The molecule has 0 aromatic carbocycles. The molecule has 0 radical (unpaired) electrons. The lowest BCUT2D eigenvalue weighted by Crippen LogP contribution is -2.33. The summed E-state index contributed by atoms with van der Waals surface area (Å²) in [6.45, 7) is 0.408. The standard InChI is InChI=1S/C21H35IN7O15P3/c22-9-15(31)24-6-3-1-2-5-14(30)23-7-4-8-25-19-16-20(27-11-26-19)29(12-28-16)21-18(33)17(32)13(42-21)10-41-46(37,38)44-47(39,40)43-45(34,35)36/h11-13,17-18,21,32-33H,1-10H2,(H,23,30)(H,24,31)(H,37,38)(H,39,40)(H,25,26,27)(H2,34,35,36)/t13-,17-,18-,21-/m1/s1. The number of aromatic nitrogens is 4. The van der Waals surface area contributed by atoms with Crippen molar-refractivity contribution >= 4 is 74.9 Å². The third kappa shape index (κ3) is 12.9. The second kappa shape index (κ2) is 17.8. The number of halogens is 1. The van der Waals surface area contributed by atoms with Crippen LogP contribution in [0.4, 0.5) is 5.82 Å². The van der Waals surface area contributed by atoms with Crippen molar-refractivity contribution in [1.29, 1.82) is 0 Å². The predicted octanol–water partition coefficient (Wildman–Crippen LogP) is -0.181. The monoisotopic (exact) mass is 845 g/mol. The Bertz CT molecular complexity index is 1510. The van der Waals surface area contributed by atoms with Crippen LogP contribution < -0.4 is 16.0 Å². The fourth-order valence-corrected chi connectivity index (χ4v) is 7.51. The van der Waals surface area contributed by atoms with Crippen molar-refractivity contribution in [1.82, 2.24) is 30.2 Å². The summed E-state index contributed by atoms with van der Waals surface area (Å²) in [5, 5.41) is 29.7. The first-order valence-electron chi connectivity index (χ1n) is 13.8. The number of hydrogen-bond acceptors (Lipinski definition) is 15. The summed E-state index contributed by atoms with van der Waals surface area (Å²) in [4.78, 5) is 71.9. The van der Waals surface area contributed by atoms with Crippen molar-refractivity contribution in [3.8, 4) is 0 Å². The smallest absolute Gasteiger partial charge is 0.387 e. The summed E-state index contributed by atoms with van der Waals surface area (Å²) >= 11 is 1.99. The van der Waals surface area contributed by atoms with E-state index in [0.717, 1.165) is 12.8 Å². The van der Waals surface area contributed by atoms with Gasteiger partial charge in [-0.15, -0.1) is 0 Å². The highest BCUT2D eigenvalue weighted by atomic mass is 127. The zero-order valence-corrected chi connectivity index (χ0v) is 29.2. The molecule has 266 valence electrons. The Morgan fingerprint density at radius 1 is 0.894 bits per heavy atom. The maximum Gasteiger partial charge on any atom is 0.490 e. The highest BCUT2D eigenvalue weighted by Crippen LogP contribution is 2.66. The minimum atomic E-state index is -5.75. The summed E-state index contributed by atoms with van der Waals surface area (Å²) < 4.78 is 53.3. The molecule has 1 aliphatic rings. The Labute approximate surface area is 280 Å². The van der Waals surface area contributed by atoms with E-state index in [1.54, 1.807) is 0 Å². The molecule has 1 fully saturated rings. The molecule has 47 heavy (non-hydrogen) atoms. The number of nitrogens with one attached hydrogen (secondary N) is 3. The lowest BCUT2D eigenvalue weighted by Gasteiger charge is -2.19. The highest BCUT2D eigenvalue weighted by Gasteiger charge is 2.47. The molecule has 3 rings (SSSR count). The second-order valence-electron chi connectivity index (χ2n) is 9.90. The molecule has 2 aromatic rings. The van der Waals surface area contributed by atoms with Gasteiger partial charge in [-0.25, -0.2) is 28.6 Å². The number of amides is 2. The average molecular weight is 845 g/mol. The molecule has 0 bridgehead atoms. The number of imidazole rings is 1. The molecule has 1 saturated heterocycles. The zero-order valence-electron chi connectivity index (χ0n) is 24.4. The SMILES string of the molecule is O=C(CI)NCCCCCC(=O)NCCCNc1ncnc2c1ncn2[C@@H]1O[C@H](COP(=O)(O)OP(=O)(O)OP(=O)(O)O)[C@@H](O)[C@H]1O. The highest BCUT2D eigenvalue weighted by molar-refractivity contribution is 14.1. The molecule has 9 N–H and O–H groups in total. The van der Waals surface area contributed by atoms with Crippen molar-refractivity contribution in [3.05, 3.63) is 12.7 Å². The van der Waals surface area contributed by atoms with Crippen LogP contribution >= 0.6 is 46.1 Å². The number of rotatable bonds is 20. The predicted molar refractivity (Wildman–Crippen MR) is 168 cm³/mol. The molecule has 2 aromatic heterocycles. The van der Waals surface area contributed by atoms with Crippen molar-refractivity contribution < 1.29 is 71.0 Å². The van der Waals surface area contributed by atoms with Crippen LogP contribution in [-0.2, 0) is 41.2 Å². The number of hydrogen-bond donors (Lipinski definition) is 9. The Morgan fingerprint density at radius 2 is 1.60 bits per heavy atom. The molecule has 0 spiro atoms. The summed E-state index contributed by atoms with van der Waals surface area (Å²) in [5.41, 5.74) is 0.447. The van der Waals surface area contributed by atoms with Gasteiger partial charge >= 0.3 is 23.5 Å². The number of aliphatic hydroxyl groups is 2. The maximum atomic E-state index is 12.1. The number of phosphoric acid groups is 3. The summed E-state index contributed by atoms with van der Waals surface area (Å²) in [6, 6.07) is 0. The molecular weight excluding hydrogens is 810 g/mol.